The Hall–Kier alpha value is -1.43. The molecule has 0 saturated carbocycles. The molecular weight excluding hydrogens is 357 g/mol. The van der Waals surface area contributed by atoms with Gasteiger partial charge in [0.05, 0.1) is 5.69 Å². The predicted octanol–water partition coefficient (Wildman–Crippen LogP) is 4.29. The second-order valence-corrected chi connectivity index (χ2v) is 5.98. The molecule has 0 unspecified atom stereocenters. The van der Waals surface area contributed by atoms with Crippen molar-refractivity contribution >= 4 is 24.0 Å². The highest BCUT2D eigenvalue weighted by atomic mass is 35.5. The first-order chi connectivity index (χ1) is 11.1. The highest BCUT2D eigenvalue weighted by Crippen LogP contribution is 2.27. The van der Waals surface area contributed by atoms with Gasteiger partial charge in [0.15, 0.2) is 0 Å². The summed E-state index contributed by atoms with van der Waals surface area (Å²) < 4.78 is 33.3. The zero-order valence-electron chi connectivity index (χ0n) is 12.8. The molecule has 1 aliphatic rings. The summed E-state index contributed by atoms with van der Waals surface area (Å²) in [6.45, 7) is 1.16. The molecule has 2 heterocycles. The number of ether oxygens (including phenoxy) is 1. The predicted molar refractivity (Wildman–Crippen MR) is 92.4 cm³/mol. The van der Waals surface area contributed by atoms with Crippen molar-refractivity contribution in [3.05, 3.63) is 58.5 Å². The van der Waals surface area contributed by atoms with Crippen LogP contribution in [0.1, 0.15) is 23.6 Å². The van der Waals surface area contributed by atoms with E-state index in [9.17, 15) is 8.78 Å². The minimum atomic E-state index is -0.958. The Morgan fingerprint density at radius 3 is 2.88 bits per heavy atom. The van der Waals surface area contributed by atoms with Crippen LogP contribution in [0, 0.1) is 5.82 Å². The van der Waals surface area contributed by atoms with Gasteiger partial charge in [-0.25, -0.2) is 13.8 Å². The van der Waals surface area contributed by atoms with E-state index in [2.05, 4.69) is 10.3 Å². The molecule has 1 fully saturated rings. The molecule has 0 amide bonds. The number of aromatic nitrogens is 1. The lowest BCUT2D eigenvalue weighted by Gasteiger charge is -2.26. The molecule has 1 N–H and O–H groups in total. The van der Waals surface area contributed by atoms with Gasteiger partial charge >= 0.3 is 0 Å². The molecule has 1 aromatic carbocycles. The van der Waals surface area contributed by atoms with E-state index in [0.717, 1.165) is 6.54 Å². The molecule has 0 radical (unpaired) electrons. The van der Waals surface area contributed by atoms with Crippen molar-refractivity contribution in [2.75, 3.05) is 13.1 Å². The van der Waals surface area contributed by atoms with Gasteiger partial charge < -0.3 is 10.1 Å². The summed E-state index contributed by atoms with van der Waals surface area (Å²) in [6, 6.07) is 9.70. The van der Waals surface area contributed by atoms with E-state index in [0.29, 0.717) is 35.1 Å². The fourth-order valence-electron chi connectivity index (χ4n) is 2.66. The topological polar surface area (TPSA) is 34.1 Å². The third kappa shape index (κ3) is 4.56. The standard InChI is InChI=1S/C17H17ClF2N2O.ClH/c18-12-5-4-11(14(19)8-12)10-23-17-3-1-2-16(22-17)13-6-7-21-9-15(13)20;/h1-5,8,13,15,21H,6-7,9-10H2;1H/t13-,15-;/m0./s1. The van der Waals surface area contributed by atoms with Crippen molar-refractivity contribution in [1.82, 2.24) is 10.3 Å². The van der Waals surface area contributed by atoms with Gasteiger partial charge in [-0.05, 0) is 31.2 Å². The van der Waals surface area contributed by atoms with Crippen LogP contribution in [-0.2, 0) is 6.61 Å². The zero-order valence-corrected chi connectivity index (χ0v) is 14.4. The average Bonchev–Trinajstić information content (AvgIpc) is 2.55. The normalized spacial score (nSPS) is 20.3. The molecule has 1 aromatic heterocycles. The molecule has 24 heavy (non-hydrogen) atoms. The lowest BCUT2D eigenvalue weighted by molar-refractivity contribution is 0.226. The van der Waals surface area contributed by atoms with Gasteiger partial charge in [-0.3, -0.25) is 0 Å². The van der Waals surface area contributed by atoms with Gasteiger partial charge in [0.1, 0.15) is 18.6 Å². The summed E-state index contributed by atoms with van der Waals surface area (Å²) in [4.78, 5) is 4.37. The fourth-order valence-corrected chi connectivity index (χ4v) is 2.82. The lowest BCUT2D eigenvalue weighted by Crippen LogP contribution is -2.37. The maximum absolute atomic E-state index is 14.0. The van der Waals surface area contributed by atoms with Gasteiger partial charge in [0.2, 0.25) is 5.88 Å². The number of rotatable bonds is 4. The van der Waals surface area contributed by atoms with Crippen molar-refractivity contribution in [1.29, 1.82) is 0 Å². The number of halogens is 4. The van der Waals surface area contributed by atoms with Crippen molar-refractivity contribution in [3.63, 3.8) is 0 Å². The van der Waals surface area contributed by atoms with E-state index in [1.807, 2.05) is 0 Å². The van der Waals surface area contributed by atoms with E-state index in [1.165, 1.54) is 6.07 Å². The van der Waals surface area contributed by atoms with Crippen molar-refractivity contribution in [2.45, 2.75) is 25.1 Å². The Labute approximate surface area is 150 Å². The number of nitrogens with one attached hydrogen (secondary N) is 1. The van der Waals surface area contributed by atoms with Crippen LogP contribution in [0.4, 0.5) is 8.78 Å². The van der Waals surface area contributed by atoms with Crippen LogP contribution in [0.2, 0.25) is 5.02 Å². The van der Waals surface area contributed by atoms with E-state index in [1.54, 1.807) is 30.3 Å². The van der Waals surface area contributed by atoms with Crippen molar-refractivity contribution < 1.29 is 13.5 Å². The van der Waals surface area contributed by atoms with Crippen LogP contribution in [0.15, 0.2) is 36.4 Å². The largest absolute Gasteiger partial charge is 0.473 e. The third-order valence-electron chi connectivity index (χ3n) is 3.92. The first-order valence-electron chi connectivity index (χ1n) is 7.52. The van der Waals surface area contributed by atoms with Crippen LogP contribution < -0.4 is 10.1 Å². The molecule has 0 bridgehead atoms. The van der Waals surface area contributed by atoms with Gasteiger partial charge in [0, 0.05) is 29.1 Å². The molecule has 2 atom stereocenters. The fraction of sp³-hybridized carbons (Fsp3) is 0.353. The molecule has 3 rings (SSSR count). The maximum Gasteiger partial charge on any atom is 0.213 e. The number of nitrogens with zero attached hydrogens (tertiary/aromatic N) is 1. The second-order valence-electron chi connectivity index (χ2n) is 5.54. The molecular formula is C17H18Cl2F2N2O. The molecule has 0 spiro atoms. The number of alkyl halides is 1. The second kappa shape index (κ2) is 8.60. The van der Waals surface area contributed by atoms with Crippen molar-refractivity contribution in [2.24, 2.45) is 0 Å². The Balaban J connectivity index is 0.00000208. The van der Waals surface area contributed by atoms with E-state index in [4.69, 9.17) is 16.3 Å². The minimum absolute atomic E-state index is 0. The molecule has 130 valence electrons. The Morgan fingerprint density at radius 1 is 1.29 bits per heavy atom. The van der Waals surface area contributed by atoms with E-state index in [-0.39, 0.29) is 24.9 Å². The monoisotopic (exact) mass is 374 g/mol. The number of hydrogen-bond donors (Lipinski definition) is 1. The molecule has 1 aliphatic heterocycles. The average molecular weight is 375 g/mol. The summed E-state index contributed by atoms with van der Waals surface area (Å²) >= 11 is 5.72. The van der Waals surface area contributed by atoms with Crippen molar-refractivity contribution in [3.8, 4) is 5.88 Å². The van der Waals surface area contributed by atoms with Gasteiger partial charge in [-0.2, -0.15) is 0 Å². The summed E-state index contributed by atoms with van der Waals surface area (Å²) in [7, 11) is 0. The number of hydrogen-bond acceptors (Lipinski definition) is 3. The first kappa shape index (κ1) is 18.9. The molecule has 3 nitrogen and oxygen atoms in total. The summed E-state index contributed by atoms with van der Waals surface area (Å²) in [5.74, 6) is -0.287. The molecule has 7 heteroatoms. The van der Waals surface area contributed by atoms with Gasteiger partial charge in [0.25, 0.3) is 0 Å². The van der Waals surface area contributed by atoms with Crippen LogP contribution in [0.5, 0.6) is 5.88 Å². The highest BCUT2D eigenvalue weighted by molar-refractivity contribution is 6.30. The number of benzene rings is 1. The van der Waals surface area contributed by atoms with E-state index < -0.39 is 12.0 Å². The van der Waals surface area contributed by atoms with Gasteiger partial charge in [-0.1, -0.05) is 23.7 Å². The Morgan fingerprint density at radius 2 is 2.12 bits per heavy atom. The molecule has 0 aliphatic carbocycles. The minimum Gasteiger partial charge on any atom is -0.473 e. The summed E-state index contributed by atoms with van der Waals surface area (Å²) in [6.07, 6.45) is -0.260. The summed E-state index contributed by atoms with van der Waals surface area (Å²) in [5, 5.41) is 3.36. The van der Waals surface area contributed by atoms with Gasteiger partial charge in [-0.15, -0.1) is 12.4 Å². The van der Waals surface area contributed by atoms with E-state index >= 15 is 0 Å². The Kier molecular flexibility index (Phi) is 6.78. The first-order valence-corrected chi connectivity index (χ1v) is 7.90. The molecule has 1 saturated heterocycles. The zero-order chi connectivity index (χ0) is 16.2. The SMILES string of the molecule is Cl.Fc1cc(Cl)ccc1COc1cccc([C@H]2CCNC[C@@H]2F)n1. The molecule has 2 aromatic rings. The highest BCUT2D eigenvalue weighted by Gasteiger charge is 2.27. The smallest absolute Gasteiger partial charge is 0.213 e. The Bertz CT molecular complexity index is 687. The lowest BCUT2D eigenvalue weighted by atomic mass is 9.92. The van der Waals surface area contributed by atoms with Crippen LogP contribution in [0.25, 0.3) is 0 Å². The third-order valence-corrected chi connectivity index (χ3v) is 4.16. The summed E-state index contributed by atoms with van der Waals surface area (Å²) in [5.41, 5.74) is 1.07. The quantitative estimate of drug-likeness (QED) is 0.866. The number of piperidine rings is 1. The number of pyridine rings is 1. The van der Waals surface area contributed by atoms with Crippen LogP contribution in [-0.4, -0.2) is 24.2 Å². The maximum atomic E-state index is 14.0. The van der Waals surface area contributed by atoms with Crippen LogP contribution >= 0.6 is 24.0 Å². The van der Waals surface area contributed by atoms with Crippen LogP contribution in [0.3, 0.4) is 0 Å².